The summed E-state index contributed by atoms with van der Waals surface area (Å²) in [5.41, 5.74) is 3.59. The molecule has 1 unspecified atom stereocenters. The summed E-state index contributed by atoms with van der Waals surface area (Å²) in [4.78, 5) is 28.2. The van der Waals surface area contributed by atoms with E-state index >= 15 is 0 Å². The van der Waals surface area contributed by atoms with E-state index in [-0.39, 0.29) is 35.5 Å². The number of hydrogen-bond acceptors (Lipinski definition) is 5. The first kappa shape index (κ1) is 28.0. The lowest BCUT2D eigenvalue weighted by Crippen LogP contribution is -2.58. The number of nitrogens with zero attached hydrogens (tertiary/aromatic N) is 2. The van der Waals surface area contributed by atoms with Crippen LogP contribution >= 0.6 is 11.6 Å². The van der Waals surface area contributed by atoms with Gasteiger partial charge in [0, 0.05) is 19.6 Å². The number of hydrogen-bond donors (Lipinski definition) is 2. The van der Waals surface area contributed by atoms with E-state index in [1.807, 2.05) is 0 Å². The Morgan fingerprint density at radius 2 is 1.87 bits per heavy atom. The first-order valence-corrected chi connectivity index (χ1v) is 15.4. The monoisotopic (exact) mass is 576 g/mol. The molecule has 2 aromatic carbocycles. The number of piperidine rings is 1. The lowest BCUT2D eigenvalue weighted by molar-refractivity contribution is -0.132. The Kier molecular flexibility index (Phi) is 8.56. The number of halogens is 2. The maximum Gasteiger partial charge on any atom is 0.243 e. The van der Waals surface area contributed by atoms with E-state index < -0.39 is 33.7 Å². The van der Waals surface area contributed by atoms with Gasteiger partial charge in [0.1, 0.15) is 11.9 Å². The maximum absolute atomic E-state index is 13.6. The zero-order valence-electron chi connectivity index (χ0n) is 21.8. The zero-order valence-corrected chi connectivity index (χ0v) is 23.4. The van der Waals surface area contributed by atoms with E-state index in [9.17, 15) is 22.4 Å². The van der Waals surface area contributed by atoms with Crippen LogP contribution < -0.4 is 10.6 Å². The number of fused-ring (bicyclic) bond motifs is 1. The minimum atomic E-state index is -4.19. The Labute approximate surface area is 233 Å². The minimum Gasteiger partial charge on any atom is -0.353 e. The molecule has 2 fully saturated rings. The Morgan fingerprint density at radius 1 is 1.08 bits per heavy atom. The molecule has 5 rings (SSSR count). The van der Waals surface area contributed by atoms with Crippen molar-refractivity contribution >= 4 is 33.4 Å². The van der Waals surface area contributed by atoms with Gasteiger partial charge in [0.15, 0.2) is 0 Å². The van der Waals surface area contributed by atoms with E-state index in [0.717, 1.165) is 67.0 Å². The first-order chi connectivity index (χ1) is 18.7. The lowest BCUT2D eigenvalue weighted by atomic mass is 9.86. The molecule has 2 aromatic rings. The Balaban J connectivity index is 1.28. The van der Waals surface area contributed by atoms with Gasteiger partial charge in [-0.15, -0.1) is 0 Å². The molecule has 0 spiro atoms. The molecular weight excluding hydrogens is 543 g/mol. The second-order valence-corrected chi connectivity index (χ2v) is 12.9. The van der Waals surface area contributed by atoms with Crippen LogP contribution in [0, 0.1) is 5.82 Å². The van der Waals surface area contributed by atoms with Crippen LogP contribution in [0.3, 0.4) is 0 Å². The largest absolute Gasteiger partial charge is 0.353 e. The van der Waals surface area contributed by atoms with Gasteiger partial charge in [-0.2, -0.15) is 4.31 Å². The number of rotatable bonds is 7. The van der Waals surface area contributed by atoms with E-state index in [1.54, 1.807) is 0 Å². The number of sulfonamides is 1. The Morgan fingerprint density at radius 3 is 2.64 bits per heavy atom. The molecule has 0 bridgehead atoms. The van der Waals surface area contributed by atoms with Crippen molar-refractivity contribution in [2.75, 3.05) is 26.2 Å². The summed E-state index contributed by atoms with van der Waals surface area (Å²) in [6.07, 6.45) is 6.13. The van der Waals surface area contributed by atoms with Gasteiger partial charge in [-0.05, 0) is 80.1 Å². The van der Waals surface area contributed by atoms with Crippen molar-refractivity contribution in [1.29, 1.82) is 0 Å². The lowest BCUT2D eigenvalue weighted by Gasteiger charge is -2.34. The molecule has 1 aliphatic carbocycles. The quantitative estimate of drug-likeness (QED) is 0.525. The van der Waals surface area contributed by atoms with Crippen molar-refractivity contribution in [2.45, 2.75) is 68.5 Å². The van der Waals surface area contributed by atoms with Crippen molar-refractivity contribution < 1.29 is 22.4 Å². The number of nitrogens with one attached hydrogen (secondary N) is 2. The van der Waals surface area contributed by atoms with Crippen molar-refractivity contribution in [2.24, 2.45) is 0 Å². The molecule has 2 amide bonds. The maximum atomic E-state index is 13.6. The van der Waals surface area contributed by atoms with Crippen molar-refractivity contribution in [3.8, 4) is 0 Å². The van der Waals surface area contributed by atoms with Crippen molar-refractivity contribution in [3.63, 3.8) is 0 Å². The van der Waals surface area contributed by atoms with Gasteiger partial charge in [0.05, 0.1) is 22.4 Å². The van der Waals surface area contributed by atoms with E-state index in [2.05, 4.69) is 33.7 Å². The van der Waals surface area contributed by atoms with Crippen LogP contribution in [-0.4, -0.2) is 61.7 Å². The summed E-state index contributed by atoms with van der Waals surface area (Å²) in [5.74, 6) is -1.68. The molecule has 8 nitrogen and oxygen atoms in total. The summed E-state index contributed by atoms with van der Waals surface area (Å²) < 4.78 is 41.3. The van der Waals surface area contributed by atoms with Crippen molar-refractivity contribution in [3.05, 3.63) is 63.9 Å². The van der Waals surface area contributed by atoms with Crippen LogP contribution in [-0.2, 0) is 32.6 Å². The summed E-state index contributed by atoms with van der Waals surface area (Å²) in [6, 6.07) is 8.17. The number of amides is 2. The van der Waals surface area contributed by atoms with Crippen molar-refractivity contribution in [1.82, 2.24) is 19.8 Å². The highest BCUT2D eigenvalue weighted by molar-refractivity contribution is 7.89. The fourth-order valence-corrected chi connectivity index (χ4v) is 7.73. The molecular formula is C28H34ClFN4O4S. The predicted molar refractivity (Wildman–Crippen MR) is 146 cm³/mol. The number of aryl methyl sites for hydroxylation is 1. The fourth-order valence-electron chi connectivity index (χ4n) is 5.87. The standard InChI is InChI=1S/C28H34ClFN4O4S/c29-23-16-21(8-10-24(23)30)39(37,38)34-14-11-31-28(36)26(34)17-27(35)32-25-6-4-5-20-15-19(7-9-22(20)25)18-33-12-2-1-3-13-33/h7-10,15-16,25-26H,1-6,11-14,17-18H2,(H,31,36)(H,32,35)/t25-,26?/m1/s1. The SMILES string of the molecule is O=C(CC1C(=O)NCCN1S(=O)(=O)c1ccc(F)c(Cl)c1)N[C@@H]1CCCc2cc(CN3CCCCC3)ccc21. The number of carbonyl (C=O) groups is 2. The topological polar surface area (TPSA) is 98.8 Å². The zero-order chi connectivity index (χ0) is 27.6. The summed E-state index contributed by atoms with van der Waals surface area (Å²) in [7, 11) is -4.19. The van der Waals surface area contributed by atoms with Crippen LogP contribution in [0.1, 0.15) is 61.3 Å². The van der Waals surface area contributed by atoms with Gasteiger partial charge >= 0.3 is 0 Å². The van der Waals surface area contributed by atoms with Gasteiger partial charge in [-0.25, -0.2) is 12.8 Å². The average molecular weight is 577 g/mol. The predicted octanol–water partition coefficient (Wildman–Crippen LogP) is 3.54. The third kappa shape index (κ3) is 6.29. The first-order valence-electron chi connectivity index (χ1n) is 13.6. The third-order valence-corrected chi connectivity index (χ3v) is 10.1. The van der Waals surface area contributed by atoms with Crippen LogP contribution in [0.2, 0.25) is 5.02 Å². The number of carbonyl (C=O) groups excluding carboxylic acids is 2. The highest BCUT2D eigenvalue weighted by atomic mass is 35.5. The summed E-state index contributed by atoms with van der Waals surface area (Å²) in [5, 5.41) is 5.37. The molecule has 0 saturated carbocycles. The molecule has 210 valence electrons. The molecule has 0 radical (unpaired) electrons. The molecule has 2 heterocycles. The molecule has 3 aliphatic rings. The van der Waals surface area contributed by atoms with Gasteiger partial charge in [-0.3, -0.25) is 14.5 Å². The summed E-state index contributed by atoms with van der Waals surface area (Å²) in [6.45, 7) is 3.30. The van der Waals surface area contributed by atoms with Gasteiger partial charge in [-0.1, -0.05) is 36.2 Å². The van der Waals surface area contributed by atoms with Gasteiger partial charge < -0.3 is 10.6 Å². The molecule has 2 atom stereocenters. The molecule has 2 aliphatic heterocycles. The highest BCUT2D eigenvalue weighted by Gasteiger charge is 2.40. The molecule has 11 heteroatoms. The van der Waals surface area contributed by atoms with Gasteiger partial charge in [0.25, 0.3) is 0 Å². The van der Waals surface area contributed by atoms with Crippen LogP contribution in [0.4, 0.5) is 4.39 Å². The smallest absolute Gasteiger partial charge is 0.243 e. The second-order valence-electron chi connectivity index (χ2n) is 10.6. The van der Waals surface area contributed by atoms with E-state index in [1.165, 1.54) is 30.4 Å². The highest BCUT2D eigenvalue weighted by Crippen LogP contribution is 2.32. The van der Waals surface area contributed by atoms with Gasteiger partial charge in [0.2, 0.25) is 21.8 Å². The molecule has 39 heavy (non-hydrogen) atoms. The van der Waals surface area contributed by atoms with E-state index in [4.69, 9.17) is 11.6 Å². The minimum absolute atomic E-state index is 0.00687. The van der Waals surface area contributed by atoms with E-state index in [0.29, 0.717) is 0 Å². The number of likely N-dealkylation sites (tertiary alicyclic amines) is 1. The number of benzene rings is 2. The molecule has 2 saturated heterocycles. The number of piperazine rings is 1. The Hall–Kier alpha value is -2.53. The second kappa shape index (κ2) is 11.9. The van der Waals surface area contributed by atoms with Crippen LogP contribution in [0.15, 0.2) is 41.3 Å². The van der Waals surface area contributed by atoms with Crippen LogP contribution in [0.5, 0.6) is 0 Å². The molecule has 0 aromatic heterocycles. The summed E-state index contributed by atoms with van der Waals surface area (Å²) >= 11 is 5.81. The fraction of sp³-hybridized carbons (Fsp3) is 0.500. The normalized spacial score (nSPS) is 22.7. The van der Waals surface area contributed by atoms with Crippen LogP contribution in [0.25, 0.3) is 0 Å². The average Bonchev–Trinajstić information content (AvgIpc) is 2.92. The Bertz CT molecular complexity index is 1350. The molecule has 2 N–H and O–H groups in total. The third-order valence-electron chi connectivity index (χ3n) is 7.87.